The molecule has 6 heteroatoms. The Bertz CT molecular complexity index is 372. The molecule has 1 aromatic heterocycles. The maximum Gasteiger partial charge on any atom is 0.233 e. The monoisotopic (exact) mass is 275 g/mol. The zero-order chi connectivity index (χ0) is 11.4. The molecule has 0 aliphatic heterocycles. The molecule has 1 aromatic rings. The fourth-order valence-electron chi connectivity index (χ4n) is 0.888. The van der Waals surface area contributed by atoms with E-state index in [0.717, 1.165) is 0 Å². The molecule has 0 aliphatic carbocycles. The number of carbonyl (C=O) groups excluding carboxylic acids is 1. The molecule has 1 heterocycles. The van der Waals surface area contributed by atoms with Crippen molar-refractivity contribution in [3.63, 3.8) is 0 Å². The van der Waals surface area contributed by atoms with E-state index in [2.05, 4.69) is 26.3 Å². The smallest absolute Gasteiger partial charge is 0.233 e. The standard InChI is InChI=1S/C9H11BrFN3O/c1-6(15)14(2)12-5-7-3-4-8(10)13-9(7)11/h3-4,12H,5H2,1-2H3. The van der Waals surface area contributed by atoms with Gasteiger partial charge in [-0.15, -0.1) is 0 Å². The minimum absolute atomic E-state index is 0.138. The van der Waals surface area contributed by atoms with Crippen LogP contribution < -0.4 is 5.43 Å². The molecular formula is C9H11BrFN3O. The molecule has 0 saturated carbocycles. The van der Waals surface area contributed by atoms with Crippen molar-refractivity contribution in [3.8, 4) is 0 Å². The van der Waals surface area contributed by atoms with Gasteiger partial charge >= 0.3 is 0 Å². The van der Waals surface area contributed by atoms with E-state index in [0.29, 0.717) is 10.2 Å². The highest BCUT2D eigenvalue weighted by Gasteiger charge is 2.06. The summed E-state index contributed by atoms with van der Waals surface area (Å²) in [7, 11) is 1.58. The van der Waals surface area contributed by atoms with Gasteiger partial charge in [0.25, 0.3) is 0 Å². The van der Waals surface area contributed by atoms with Gasteiger partial charge in [-0.1, -0.05) is 6.07 Å². The van der Waals surface area contributed by atoms with Gasteiger partial charge in [0.15, 0.2) is 0 Å². The average molecular weight is 276 g/mol. The Kier molecular flexibility index (Phi) is 4.16. The summed E-state index contributed by atoms with van der Waals surface area (Å²) in [5.41, 5.74) is 3.16. The topological polar surface area (TPSA) is 45.2 Å². The van der Waals surface area contributed by atoms with Crippen LogP contribution >= 0.6 is 15.9 Å². The molecule has 1 rings (SSSR count). The summed E-state index contributed by atoms with van der Waals surface area (Å²) in [5, 5.41) is 1.29. The first-order valence-electron chi connectivity index (χ1n) is 4.29. The van der Waals surface area contributed by atoms with Crippen LogP contribution in [-0.4, -0.2) is 22.9 Å². The van der Waals surface area contributed by atoms with Crippen LogP contribution in [0.25, 0.3) is 0 Å². The molecule has 1 amide bonds. The Balaban J connectivity index is 2.62. The minimum Gasteiger partial charge on any atom is -0.281 e. The SMILES string of the molecule is CC(=O)N(C)NCc1ccc(Br)nc1F. The Morgan fingerprint density at radius 2 is 2.33 bits per heavy atom. The predicted octanol–water partition coefficient (Wildman–Crippen LogP) is 1.47. The second-order valence-corrected chi connectivity index (χ2v) is 3.81. The number of nitrogens with one attached hydrogen (secondary N) is 1. The van der Waals surface area contributed by atoms with Gasteiger partial charge in [-0.05, 0) is 22.0 Å². The van der Waals surface area contributed by atoms with Gasteiger partial charge < -0.3 is 0 Å². The highest BCUT2D eigenvalue weighted by atomic mass is 79.9. The minimum atomic E-state index is -0.547. The van der Waals surface area contributed by atoms with E-state index in [1.165, 1.54) is 11.9 Å². The Morgan fingerprint density at radius 3 is 2.87 bits per heavy atom. The molecule has 0 spiro atoms. The summed E-state index contributed by atoms with van der Waals surface area (Å²) in [4.78, 5) is 14.5. The molecule has 0 aliphatic rings. The van der Waals surface area contributed by atoms with Crippen molar-refractivity contribution < 1.29 is 9.18 Å². The van der Waals surface area contributed by atoms with Crippen molar-refractivity contribution in [1.29, 1.82) is 0 Å². The average Bonchev–Trinajstić information content (AvgIpc) is 2.15. The first kappa shape index (κ1) is 12.1. The van der Waals surface area contributed by atoms with E-state index in [1.807, 2.05) is 0 Å². The third-order valence-electron chi connectivity index (χ3n) is 1.87. The Morgan fingerprint density at radius 1 is 1.67 bits per heavy atom. The molecule has 0 aromatic carbocycles. The van der Waals surface area contributed by atoms with Gasteiger partial charge in [0.2, 0.25) is 11.9 Å². The van der Waals surface area contributed by atoms with Crippen LogP contribution in [0.4, 0.5) is 4.39 Å². The molecule has 0 unspecified atom stereocenters. The van der Waals surface area contributed by atoms with E-state index >= 15 is 0 Å². The van der Waals surface area contributed by atoms with Gasteiger partial charge in [0.05, 0.1) is 0 Å². The van der Waals surface area contributed by atoms with Crippen LogP contribution in [-0.2, 0) is 11.3 Å². The number of amides is 1. The van der Waals surface area contributed by atoms with Gasteiger partial charge in [-0.3, -0.25) is 9.80 Å². The van der Waals surface area contributed by atoms with E-state index in [-0.39, 0.29) is 12.5 Å². The van der Waals surface area contributed by atoms with E-state index < -0.39 is 5.95 Å². The molecular weight excluding hydrogens is 265 g/mol. The van der Waals surface area contributed by atoms with Crippen LogP contribution in [0.3, 0.4) is 0 Å². The molecule has 0 atom stereocenters. The first-order chi connectivity index (χ1) is 7.00. The van der Waals surface area contributed by atoms with Gasteiger partial charge in [0, 0.05) is 26.1 Å². The summed E-state index contributed by atoms with van der Waals surface area (Å²) in [6.45, 7) is 1.64. The summed E-state index contributed by atoms with van der Waals surface area (Å²) in [5.74, 6) is -0.686. The second kappa shape index (κ2) is 5.18. The number of rotatable bonds is 3. The van der Waals surface area contributed by atoms with E-state index in [9.17, 15) is 9.18 Å². The Labute approximate surface area is 95.6 Å². The van der Waals surface area contributed by atoms with Crippen LogP contribution in [0.1, 0.15) is 12.5 Å². The number of halogens is 2. The maximum absolute atomic E-state index is 13.2. The lowest BCUT2D eigenvalue weighted by molar-refractivity contribution is -0.130. The zero-order valence-corrected chi connectivity index (χ0v) is 10.0. The molecule has 0 saturated heterocycles. The van der Waals surface area contributed by atoms with Crippen LogP contribution in [0, 0.1) is 5.95 Å². The molecule has 1 N–H and O–H groups in total. The summed E-state index contributed by atoms with van der Waals surface area (Å²) >= 11 is 3.06. The quantitative estimate of drug-likeness (QED) is 0.671. The van der Waals surface area contributed by atoms with Gasteiger partial charge in [-0.25, -0.2) is 10.4 Å². The van der Waals surface area contributed by atoms with Crippen molar-refractivity contribution >= 4 is 21.8 Å². The number of aromatic nitrogens is 1. The van der Waals surface area contributed by atoms with Crippen molar-refractivity contribution in [1.82, 2.24) is 15.4 Å². The number of nitrogens with zero attached hydrogens (tertiary/aromatic N) is 2. The second-order valence-electron chi connectivity index (χ2n) is 3.00. The zero-order valence-electron chi connectivity index (χ0n) is 8.42. The number of hydrogen-bond donors (Lipinski definition) is 1. The number of hydrazine groups is 1. The predicted molar refractivity (Wildman–Crippen MR) is 57.2 cm³/mol. The highest BCUT2D eigenvalue weighted by molar-refractivity contribution is 9.10. The van der Waals surface area contributed by atoms with E-state index in [4.69, 9.17) is 0 Å². The molecule has 0 radical (unpaired) electrons. The highest BCUT2D eigenvalue weighted by Crippen LogP contribution is 2.10. The summed E-state index contributed by atoms with van der Waals surface area (Å²) in [6.07, 6.45) is 0. The van der Waals surface area contributed by atoms with Gasteiger partial charge in [-0.2, -0.15) is 4.39 Å². The lowest BCUT2D eigenvalue weighted by Crippen LogP contribution is -2.37. The third kappa shape index (κ3) is 3.56. The fourth-order valence-corrected chi connectivity index (χ4v) is 1.18. The summed E-state index contributed by atoms with van der Waals surface area (Å²) < 4.78 is 13.7. The third-order valence-corrected chi connectivity index (χ3v) is 2.31. The molecule has 4 nitrogen and oxygen atoms in total. The Hall–Kier alpha value is -1.01. The molecule has 15 heavy (non-hydrogen) atoms. The normalized spacial score (nSPS) is 10.1. The lowest BCUT2D eigenvalue weighted by atomic mass is 10.3. The van der Waals surface area contributed by atoms with Crippen LogP contribution in [0.2, 0.25) is 0 Å². The number of hydrogen-bond acceptors (Lipinski definition) is 3. The van der Waals surface area contributed by atoms with Crippen LogP contribution in [0.5, 0.6) is 0 Å². The van der Waals surface area contributed by atoms with Crippen molar-refractivity contribution in [2.24, 2.45) is 0 Å². The molecule has 82 valence electrons. The van der Waals surface area contributed by atoms with Crippen molar-refractivity contribution in [2.75, 3.05) is 7.05 Å². The summed E-state index contributed by atoms with van der Waals surface area (Å²) in [6, 6.07) is 3.25. The number of carbonyl (C=O) groups is 1. The number of pyridine rings is 1. The lowest BCUT2D eigenvalue weighted by Gasteiger charge is -2.16. The maximum atomic E-state index is 13.2. The largest absolute Gasteiger partial charge is 0.281 e. The fraction of sp³-hybridized carbons (Fsp3) is 0.333. The first-order valence-corrected chi connectivity index (χ1v) is 5.08. The molecule has 0 bridgehead atoms. The van der Waals surface area contributed by atoms with Gasteiger partial charge in [0.1, 0.15) is 4.60 Å². The van der Waals surface area contributed by atoms with Crippen LogP contribution in [0.15, 0.2) is 16.7 Å². The molecule has 0 fully saturated rings. The van der Waals surface area contributed by atoms with Crippen molar-refractivity contribution in [2.45, 2.75) is 13.5 Å². The van der Waals surface area contributed by atoms with E-state index in [1.54, 1.807) is 19.2 Å². The van der Waals surface area contributed by atoms with Crippen molar-refractivity contribution in [3.05, 3.63) is 28.2 Å².